The highest BCUT2D eigenvalue weighted by atomic mass is 19.1. The fraction of sp³-hybridized carbons (Fsp3) is 0.462. The molecule has 2 rings (SSSR count). The molecule has 0 aliphatic carbocycles. The van der Waals surface area contributed by atoms with Crippen molar-refractivity contribution in [3.05, 3.63) is 29.8 Å². The van der Waals surface area contributed by atoms with Gasteiger partial charge >= 0.3 is 0 Å². The molecule has 1 aromatic carbocycles. The van der Waals surface area contributed by atoms with E-state index < -0.39 is 11.6 Å². The van der Waals surface area contributed by atoms with E-state index in [-0.39, 0.29) is 18.1 Å². The van der Waals surface area contributed by atoms with Crippen molar-refractivity contribution in [2.45, 2.75) is 12.5 Å². The van der Waals surface area contributed by atoms with Crippen LogP contribution in [0.2, 0.25) is 0 Å². The molecular formula is C13H17F2N3O. The van der Waals surface area contributed by atoms with E-state index in [1.807, 2.05) is 11.9 Å². The zero-order valence-corrected chi connectivity index (χ0v) is 10.7. The maximum absolute atomic E-state index is 13.0. The number of anilines is 1. The second-order valence-corrected chi connectivity index (χ2v) is 4.77. The first-order valence-corrected chi connectivity index (χ1v) is 6.21. The Bertz CT molecular complexity index is 441. The lowest BCUT2D eigenvalue weighted by Crippen LogP contribution is -2.39. The molecule has 1 unspecified atom stereocenters. The standard InChI is InChI=1S/C13H17F2N3O/c1-18(12-2-3-16-7-12)8-13(19)17-11-5-9(14)4-10(15)6-11/h4-6,12,16H,2-3,7-8H2,1H3,(H,17,19). The van der Waals surface area contributed by atoms with Crippen LogP contribution in [0.25, 0.3) is 0 Å². The predicted molar refractivity (Wildman–Crippen MR) is 68.9 cm³/mol. The third-order valence-corrected chi connectivity index (χ3v) is 3.20. The maximum atomic E-state index is 13.0. The van der Waals surface area contributed by atoms with Crippen molar-refractivity contribution in [1.29, 1.82) is 0 Å². The van der Waals surface area contributed by atoms with Crippen LogP contribution in [0.4, 0.5) is 14.5 Å². The number of carbonyl (C=O) groups is 1. The fourth-order valence-corrected chi connectivity index (χ4v) is 2.20. The van der Waals surface area contributed by atoms with Gasteiger partial charge in [0.15, 0.2) is 0 Å². The van der Waals surface area contributed by atoms with E-state index in [0.29, 0.717) is 6.04 Å². The average Bonchev–Trinajstić information content (AvgIpc) is 2.80. The number of nitrogens with zero attached hydrogens (tertiary/aromatic N) is 1. The first-order valence-electron chi connectivity index (χ1n) is 6.21. The molecule has 0 saturated carbocycles. The van der Waals surface area contributed by atoms with Crippen LogP contribution in [-0.4, -0.2) is 43.5 Å². The molecule has 1 aliphatic heterocycles. The van der Waals surface area contributed by atoms with Gasteiger partial charge in [-0.05, 0) is 32.1 Å². The molecular weight excluding hydrogens is 252 g/mol. The Labute approximate surface area is 110 Å². The van der Waals surface area contributed by atoms with Crippen molar-refractivity contribution < 1.29 is 13.6 Å². The molecule has 1 aliphatic rings. The molecule has 1 aromatic rings. The van der Waals surface area contributed by atoms with Gasteiger partial charge in [0.05, 0.1) is 6.54 Å². The summed E-state index contributed by atoms with van der Waals surface area (Å²) in [6.07, 6.45) is 0.998. The summed E-state index contributed by atoms with van der Waals surface area (Å²) in [5.74, 6) is -1.69. The van der Waals surface area contributed by atoms with E-state index in [4.69, 9.17) is 0 Å². The molecule has 0 radical (unpaired) electrons. The summed E-state index contributed by atoms with van der Waals surface area (Å²) in [5.41, 5.74) is 0.139. The van der Waals surface area contributed by atoms with Crippen LogP contribution >= 0.6 is 0 Å². The van der Waals surface area contributed by atoms with Crippen LogP contribution in [0.15, 0.2) is 18.2 Å². The minimum absolute atomic E-state index is 0.139. The molecule has 0 spiro atoms. The van der Waals surface area contributed by atoms with E-state index in [1.165, 1.54) is 0 Å². The van der Waals surface area contributed by atoms with Crippen molar-refractivity contribution in [1.82, 2.24) is 10.2 Å². The number of rotatable bonds is 4. The van der Waals surface area contributed by atoms with E-state index in [1.54, 1.807) is 0 Å². The second kappa shape index (κ2) is 6.08. The van der Waals surface area contributed by atoms with Crippen LogP contribution in [-0.2, 0) is 4.79 Å². The lowest BCUT2D eigenvalue weighted by molar-refractivity contribution is -0.117. The molecule has 1 fully saturated rings. The SMILES string of the molecule is CN(CC(=O)Nc1cc(F)cc(F)c1)C1CCNC1. The first-order chi connectivity index (χ1) is 9.04. The van der Waals surface area contributed by atoms with Gasteiger partial charge < -0.3 is 10.6 Å². The Hall–Kier alpha value is -1.53. The predicted octanol–water partition coefficient (Wildman–Crippen LogP) is 1.20. The number of carbonyl (C=O) groups excluding carboxylic acids is 1. The molecule has 0 aromatic heterocycles. The van der Waals surface area contributed by atoms with Crippen LogP contribution in [0.1, 0.15) is 6.42 Å². The highest BCUT2D eigenvalue weighted by molar-refractivity contribution is 5.92. The average molecular weight is 269 g/mol. The van der Waals surface area contributed by atoms with Gasteiger partial charge in [0.25, 0.3) is 0 Å². The summed E-state index contributed by atoms with van der Waals surface area (Å²) >= 11 is 0. The number of hydrogen-bond donors (Lipinski definition) is 2. The van der Waals surface area contributed by atoms with Gasteiger partial charge in [-0.15, -0.1) is 0 Å². The van der Waals surface area contributed by atoms with Gasteiger partial charge in [-0.25, -0.2) is 8.78 Å². The summed E-state index contributed by atoms with van der Waals surface area (Å²) in [4.78, 5) is 13.7. The number of nitrogens with one attached hydrogen (secondary N) is 2. The Kier molecular flexibility index (Phi) is 4.44. The van der Waals surface area contributed by atoms with Crippen LogP contribution in [0.5, 0.6) is 0 Å². The maximum Gasteiger partial charge on any atom is 0.238 e. The number of halogens is 2. The number of amides is 1. The fourth-order valence-electron chi connectivity index (χ4n) is 2.20. The van der Waals surface area contributed by atoms with Crippen LogP contribution < -0.4 is 10.6 Å². The topological polar surface area (TPSA) is 44.4 Å². The highest BCUT2D eigenvalue weighted by Crippen LogP contribution is 2.13. The summed E-state index contributed by atoms with van der Waals surface area (Å²) in [6, 6.07) is 3.29. The third-order valence-electron chi connectivity index (χ3n) is 3.20. The summed E-state index contributed by atoms with van der Waals surface area (Å²) in [5, 5.41) is 5.72. The van der Waals surface area contributed by atoms with E-state index >= 15 is 0 Å². The van der Waals surface area contributed by atoms with Crippen LogP contribution in [0, 0.1) is 11.6 Å². The van der Waals surface area contributed by atoms with Crippen molar-refractivity contribution in [2.24, 2.45) is 0 Å². The molecule has 104 valence electrons. The normalized spacial score (nSPS) is 18.8. The van der Waals surface area contributed by atoms with Gasteiger partial charge in [0.2, 0.25) is 5.91 Å². The number of hydrogen-bond acceptors (Lipinski definition) is 3. The molecule has 0 bridgehead atoms. The van der Waals surface area contributed by atoms with Crippen molar-refractivity contribution in [3.8, 4) is 0 Å². The smallest absolute Gasteiger partial charge is 0.238 e. The molecule has 6 heteroatoms. The Morgan fingerprint density at radius 2 is 2.11 bits per heavy atom. The zero-order chi connectivity index (χ0) is 13.8. The van der Waals surface area contributed by atoms with E-state index in [0.717, 1.165) is 37.7 Å². The lowest BCUT2D eigenvalue weighted by Gasteiger charge is -2.22. The molecule has 2 N–H and O–H groups in total. The second-order valence-electron chi connectivity index (χ2n) is 4.77. The molecule has 1 saturated heterocycles. The van der Waals surface area contributed by atoms with Gasteiger partial charge in [-0.1, -0.05) is 0 Å². The largest absolute Gasteiger partial charge is 0.325 e. The minimum atomic E-state index is -0.705. The van der Waals surface area contributed by atoms with E-state index in [2.05, 4.69) is 10.6 Å². The van der Waals surface area contributed by atoms with Gasteiger partial charge in [-0.3, -0.25) is 9.69 Å². The molecule has 4 nitrogen and oxygen atoms in total. The van der Waals surface area contributed by atoms with Crippen molar-refractivity contribution in [3.63, 3.8) is 0 Å². The van der Waals surface area contributed by atoms with Crippen molar-refractivity contribution >= 4 is 11.6 Å². The quantitative estimate of drug-likeness (QED) is 0.863. The molecule has 1 heterocycles. The molecule has 1 amide bonds. The van der Waals surface area contributed by atoms with Gasteiger partial charge in [0.1, 0.15) is 11.6 Å². The number of benzene rings is 1. The Balaban J connectivity index is 1.89. The van der Waals surface area contributed by atoms with Gasteiger partial charge in [0, 0.05) is 24.3 Å². The van der Waals surface area contributed by atoms with Crippen LogP contribution in [0.3, 0.4) is 0 Å². The van der Waals surface area contributed by atoms with E-state index in [9.17, 15) is 13.6 Å². The first kappa shape index (κ1) is 13.9. The Morgan fingerprint density at radius 1 is 1.42 bits per heavy atom. The highest BCUT2D eigenvalue weighted by Gasteiger charge is 2.20. The molecule has 1 atom stereocenters. The Morgan fingerprint density at radius 3 is 2.68 bits per heavy atom. The summed E-state index contributed by atoms with van der Waals surface area (Å²) in [6.45, 7) is 2.01. The van der Waals surface area contributed by atoms with Crippen molar-refractivity contribution in [2.75, 3.05) is 32.0 Å². The number of likely N-dealkylation sites (N-methyl/N-ethyl adjacent to an activating group) is 1. The molecule has 19 heavy (non-hydrogen) atoms. The third kappa shape index (κ3) is 3.97. The summed E-state index contributed by atoms with van der Waals surface area (Å²) in [7, 11) is 1.86. The monoisotopic (exact) mass is 269 g/mol. The summed E-state index contributed by atoms with van der Waals surface area (Å²) < 4.78 is 26.0. The minimum Gasteiger partial charge on any atom is -0.325 e. The van der Waals surface area contributed by atoms with Gasteiger partial charge in [-0.2, -0.15) is 0 Å². The zero-order valence-electron chi connectivity index (χ0n) is 10.7. The lowest BCUT2D eigenvalue weighted by atomic mass is 10.2.